The van der Waals surface area contributed by atoms with Crippen molar-refractivity contribution in [3.63, 3.8) is 0 Å². The summed E-state index contributed by atoms with van der Waals surface area (Å²) < 4.78 is 0. The van der Waals surface area contributed by atoms with Gasteiger partial charge in [-0.2, -0.15) is 0 Å². The van der Waals surface area contributed by atoms with E-state index in [-0.39, 0.29) is 25.3 Å². The van der Waals surface area contributed by atoms with Crippen molar-refractivity contribution in [2.24, 2.45) is 28.1 Å². The van der Waals surface area contributed by atoms with Crippen LogP contribution in [-0.4, -0.2) is 82.2 Å². The third-order valence-corrected chi connectivity index (χ3v) is 6.07. The van der Waals surface area contributed by atoms with Gasteiger partial charge < -0.3 is 48.3 Å². The Morgan fingerprint density at radius 1 is 1.00 bits per heavy atom. The summed E-state index contributed by atoms with van der Waals surface area (Å²) in [7, 11) is 0. The number of carbonyl (C=O) groups excluding carboxylic acids is 3. The summed E-state index contributed by atoms with van der Waals surface area (Å²) in [6, 6.07) is 2.77. The molecule has 0 radical (unpaired) electrons. The van der Waals surface area contributed by atoms with Crippen LogP contribution in [0.1, 0.15) is 32.3 Å². The average Bonchev–Trinajstić information content (AvgIpc) is 3.29. The summed E-state index contributed by atoms with van der Waals surface area (Å²) in [6.07, 6.45) is 2.29. The lowest BCUT2D eigenvalue weighted by atomic mass is 10.0. The summed E-state index contributed by atoms with van der Waals surface area (Å²) in [4.78, 5) is 57.0. The summed E-state index contributed by atoms with van der Waals surface area (Å²) in [5.41, 5.74) is 18.3. The van der Waals surface area contributed by atoms with Crippen LogP contribution in [0, 0.1) is 5.92 Å². The number of hydrogen-bond donors (Lipinski definition) is 9. The van der Waals surface area contributed by atoms with Gasteiger partial charge in [-0.25, -0.2) is 4.79 Å². The van der Waals surface area contributed by atoms with Crippen molar-refractivity contribution in [3.8, 4) is 0 Å². The van der Waals surface area contributed by atoms with E-state index >= 15 is 0 Å². The maximum atomic E-state index is 12.9. The Bertz CT molecular complexity index is 1180. The highest BCUT2D eigenvalue weighted by Gasteiger charge is 2.31. The van der Waals surface area contributed by atoms with Crippen molar-refractivity contribution in [2.75, 3.05) is 13.2 Å². The van der Waals surface area contributed by atoms with Gasteiger partial charge in [0.25, 0.3) is 0 Å². The van der Waals surface area contributed by atoms with Gasteiger partial charge in [0.1, 0.15) is 18.1 Å². The molecule has 4 atom stereocenters. The number of aliphatic carboxylic acids is 1. The van der Waals surface area contributed by atoms with Crippen molar-refractivity contribution < 1.29 is 29.4 Å². The minimum atomic E-state index is -1.38. The Balaban J connectivity index is 1.99. The van der Waals surface area contributed by atoms with Gasteiger partial charge in [-0.3, -0.25) is 19.4 Å². The number of amides is 3. The Hall–Kier alpha value is -4.17. The van der Waals surface area contributed by atoms with Gasteiger partial charge in [-0.15, -0.1) is 0 Å². The quantitative estimate of drug-likeness (QED) is 0.0698. The molecule has 0 fully saturated rings. The number of aliphatic imine (C=N–C) groups is 1. The maximum Gasteiger partial charge on any atom is 0.326 e. The topological polar surface area (TPSA) is 251 Å². The molecule has 0 aliphatic heterocycles. The van der Waals surface area contributed by atoms with E-state index in [1.807, 2.05) is 24.3 Å². The molecule has 0 aliphatic rings. The van der Waals surface area contributed by atoms with E-state index in [9.17, 15) is 29.4 Å². The van der Waals surface area contributed by atoms with Crippen LogP contribution in [0.15, 0.2) is 35.5 Å². The Kier molecular flexibility index (Phi) is 11.7. The molecule has 2 aromatic rings. The second kappa shape index (κ2) is 14.7. The van der Waals surface area contributed by atoms with Crippen LogP contribution in [0.25, 0.3) is 10.9 Å². The molecule has 14 heteroatoms. The molecular weight excluding hydrogens is 508 g/mol. The van der Waals surface area contributed by atoms with E-state index < -0.39 is 60.4 Å². The first-order chi connectivity index (χ1) is 18.4. The number of aliphatic hydroxyl groups is 1. The van der Waals surface area contributed by atoms with Gasteiger partial charge in [0.2, 0.25) is 17.7 Å². The molecule has 1 aromatic heterocycles. The average molecular weight is 547 g/mol. The molecule has 2 rings (SSSR count). The highest BCUT2D eigenvalue weighted by Crippen LogP contribution is 2.18. The zero-order valence-corrected chi connectivity index (χ0v) is 22.0. The number of para-hydroxylation sites is 1. The fourth-order valence-electron chi connectivity index (χ4n) is 3.91. The van der Waals surface area contributed by atoms with Crippen LogP contribution < -0.4 is 33.2 Å². The summed E-state index contributed by atoms with van der Waals surface area (Å²) in [6.45, 7) is 2.75. The fourth-order valence-corrected chi connectivity index (χ4v) is 3.91. The molecule has 0 saturated heterocycles. The van der Waals surface area contributed by atoms with E-state index in [0.717, 1.165) is 16.5 Å². The molecule has 3 amide bonds. The number of nitrogens with zero attached hydrogens (tertiary/aromatic N) is 1. The van der Waals surface area contributed by atoms with E-state index in [1.54, 1.807) is 20.0 Å². The van der Waals surface area contributed by atoms with Gasteiger partial charge in [-0.05, 0) is 36.8 Å². The number of H-pyrrole nitrogens is 1. The van der Waals surface area contributed by atoms with Crippen LogP contribution >= 0.6 is 0 Å². The van der Waals surface area contributed by atoms with Gasteiger partial charge in [0.15, 0.2) is 5.96 Å². The Labute approximate surface area is 225 Å². The number of aromatic nitrogens is 1. The number of rotatable bonds is 15. The second-order valence-corrected chi connectivity index (χ2v) is 9.49. The van der Waals surface area contributed by atoms with E-state index in [4.69, 9.17) is 17.2 Å². The smallest absolute Gasteiger partial charge is 0.326 e. The highest BCUT2D eigenvalue weighted by atomic mass is 16.4. The van der Waals surface area contributed by atoms with Gasteiger partial charge in [0.05, 0.1) is 12.6 Å². The molecule has 1 heterocycles. The summed E-state index contributed by atoms with van der Waals surface area (Å²) >= 11 is 0. The summed E-state index contributed by atoms with van der Waals surface area (Å²) in [5.74, 6) is -4.04. The first kappa shape index (κ1) is 31.1. The number of carbonyl (C=O) groups is 4. The lowest BCUT2D eigenvalue weighted by Gasteiger charge is -2.26. The molecule has 4 unspecified atom stereocenters. The number of hydrogen-bond acceptors (Lipinski definition) is 7. The van der Waals surface area contributed by atoms with Crippen LogP contribution in [0.5, 0.6) is 0 Å². The van der Waals surface area contributed by atoms with Crippen LogP contribution in [0.4, 0.5) is 0 Å². The van der Waals surface area contributed by atoms with Gasteiger partial charge in [-0.1, -0.05) is 32.0 Å². The predicted molar refractivity (Wildman–Crippen MR) is 145 cm³/mol. The standard InChI is InChI=1S/C25H38N8O6/c1-13(2)20(23(37)31-18(24(38)39)8-5-9-29-25(27)28)33-22(36)19(12-34)32-21(35)16(26)10-14-11-30-17-7-4-3-6-15(14)17/h3-4,6-7,11,13,16,18-20,30,34H,5,8-10,12,26H2,1-2H3,(H,31,37)(H,32,35)(H,33,36)(H,38,39)(H4,27,28,29). The lowest BCUT2D eigenvalue weighted by molar-refractivity contribution is -0.142. The van der Waals surface area contributed by atoms with Crippen molar-refractivity contribution in [2.45, 2.75) is 57.3 Å². The highest BCUT2D eigenvalue weighted by molar-refractivity contribution is 5.94. The van der Waals surface area contributed by atoms with Crippen molar-refractivity contribution in [1.82, 2.24) is 20.9 Å². The number of nitrogens with one attached hydrogen (secondary N) is 4. The van der Waals surface area contributed by atoms with E-state index in [2.05, 4.69) is 25.9 Å². The number of fused-ring (bicyclic) bond motifs is 1. The monoisotopic (exact) mass is 546 g/mol. The van der Waals surface area contributed by atoms with Crippen LogP contribution in [0.2, 0.25) is 0 Å². The van der Waals surface area contributed by atoms with Crippen molar-refractivity contribution in [1.29, 1.82) is 0 Å². The zero-order valence-electron chi connectivity index (χ0n) is 22.0. The van der Waals surface area contributed by atoms with Crippen LogP contribution in [0.3, 0.4) is 0 Å². The first-order valence-corrected chi connectivity index (χ1v) is 12.5. The number of carboxylic acids is 1. The lowest BCUT2D eigenvalue weighted by Crippen LogP contribution is -2.59. The molecule has 0 spiro atoms. The predicted octanol–water partition coefficient (Wildman–Crippen LogP) is -1.72. The molecule has 1 aromatic carbocycles. The number of guanidine groups is 1. The number of nitrogens with two attached hydrogens (primary N) is 3. The molecule has 12 N–H and O–H groups in total. The number of aliphatic hydroxyl groups excluding tert-OH is 1. The first-order valence-electron chi connectivity index (χ1n) is 12.5. The SMILES string of the molecule is CC(C)C(NC(=O)C(CO)NC(=O)C(N)Cc1c[nH]c2ccccc12)C(=O)NC(CCCN=C(N)N)C(=O)O. The third kappa shape index (κ3) is 9.26. The fraction of sp³-hybridized carbons (Fsp3) is 0.480. The number of carboxylic acid groups (broad SMARTS) is 1. The summed E-state index contributed by atoms with van der Waals surface area (Å²) in [5, 5.41) is 27.5. The molecule has 14 nitrogen and oxygen atoms in total. The molecule has 0 saturated carbocycles. The minimum absolute atomic E-state index is 0.0558. The maximum absolute atomic E-state index is 12.9. The van der Waals surface area contributed by atoms with Gasteiger partial charge >= 0.3 is 5.97 Å². The largest absolute Gasteiger partial charge is 0.480 e. The second-order valence-electron chi connectivity index (χ2n) is 9.49. The van der Waals surface area contributed by atoms with Crippen molar-refractivity contribution >= 4 is 40.6 Å². The zero-order chi connectivity index (χ0) is 29.1. The normalized spacial score (nSPS) is 14.2. The number of aromatic amines is 1. The minimum Gasteiger partial charge on any atom is -0.480 e. The van der Waals surface area contributed by atoms with E-state index in [0.29, 0.717) is 6.42 Å². The Morgan fingerprint density at radius 3 is 2.28 bits per heavy atom. The molecule has 39 heavy (non-hydrogen) atoms. The third-order valence-electron chi connectivity index (χ3n) is 6.07. The van der Waals surface area contributed by atoms with Crippen molar-refractivity contribution in [3.05, 3.63) is 36.0 Å². The Morgan fingerprint density at radius 2 is 1.67 bits per heavy atom. The van der Waals surface area contributed by atoms with Gasteiger partial charge in [0, 0.05) is 23.6 Å². The molecule has 214 valence electrons. The van der Waals surface area contributed by atoms with E-state index in [1.165, 1.54) is 0 Å². The molecule has 0 aliphatic carbocycles. The molecular formula is C25H38N8O6. The molecule has 0 bridgehead atoms. The number of benzene rings is 1. The van der Waals surface area contributed by atoms with Crippen LogP contribution in [-0.2, 0) is 25.6 Å².